The van der Waals surface area contributed by atoms with Gasteiger partial charge in [-0.2, -0.15) is 4.98 Å². The number of nitrogens with one attached hydrogen (secondary N) is 1. The summed E-state index contributed by atoms with van der Waals surface area (Å²) in [5, 5.41) is 7.04. The Morgan fingerprint density at radius 1 is 1.22 bits per heavy atom. The largest absolute Gasteiger partial charge is 0.343 e. The second-order valence-electron chi connectivity index (χ2n) is 4.71. The topological polar surface area (TPSA) is 68.0 Å². The van der Waals surface area contributed by atoms with E-state index in [2.05, 4.69) is 15.5 Å². The van der Waals surface area contributed by atoms with Gasteiger partial charge in [0.05, 0.1) is 6.54 Å². The molecule has 0 spiro atoms. The highest BCUT2D eigenvalue weighted by Gasteiger charge is 2.11. The van der Waals surface area contributed by atoms with Crippen LogP contribution in [0.3, 0.4) is 0 Å². The maximum absolute atomic E-state index is 13.1. The van der Waals surface area contributed by atoms with Crippen LogP contribution in [0.4, 0.5) is 4.39 Å². The smallest absolute Gasteiger partial charge is 0.251 e. The molecule has 0 atom stereocenters. The normalized spacial score (nSPS) is 10.5. The van der Waals surface area contributed by atoms with Crippen LogP contribution in [0.15, 0.2) is 53.1 Å². The second-order valence-corrected chi connectivity index (χ2v) is 5.15. The molecule has 1 heterocycles. The van der Waals surface area contributed by atoms with E-state index >= 15 is 0 Å². The molecule has 0 fully saturated rings. The number of aromatic nitrogens is 2. The zero-order chi connectivity index (χ0) is 16.2. The van der Waals surface area contributed by atoms with Crippen LogP contribution in [0.25, 0.3) is 11.4 Å². The lowest BCUT2D eigenvalue weighted by Gasteiger charge is -2.02. The minimum Gasteiger partial charge on any atom is -0.343 e. The molecule has 0 aliphatic rings. The highest BCUT2D eigenvalue weighted by Crippen LogP contribution is 2.18. The van der Waals surface area contributed by atoms with Crippen molar-refractivity contribution in [2.75, 3.05) is 0 Å². The molecular formula is C16H11ClFN3O2. The summed E-state index contributed by atoms with van der Waals surface area (Å²) in [5.74, 6) is -0.243. The van der Waals surface area contributed by atoms with Crippen molar-refractivity contribution in [3.63, 3.8) is 0 Å². The Bertz CT molecular complexity index is 833. The van der Waals surface area contributed by atoms with Crippen LogP contribution in [-0.2, 0) is 6.54 Å². The molecule has 116 valence electrons. The first-order chi connectivity index (χ1) is 11.1. The number of rotatable bonds is 4. The Labute approximate surface area is 136 Å². The van der Waals surface area contributed by atoms with Crippen molar-refractivity contribution in [2.45, 2.75) is 6.54 Å². The quantitative estimate of drug-likeness (QED) is 0.795. The lowest BCUT2D eigenvalue weighted by atomic mass is 10.2. The SMILES string of the molecule is O=C(NCc1nc(-c2ccc(Cl)cc2)no1)c1cccc(F)c1. The third kappa shape index (κ3) is 3.73. The molecule has 23 heavy (non-hydrogen) atoms. The summed E-state index contributed by atoms with van der Waals surface area (Å²) in [7, 11) is 0. The third-order valence-electron chi connectivity index (χ3n) is 3.06. The van der Waals surface area contributed by atoms with Crippen LogP contribution in [0.1, 0.15) is 16.2 Å². The molecular weight excluding hydrogens is 321 g/mol. The van der Waals surface area contributed by atoms with Crippen molar-refractivity contribution in [1.82, 2.24) is 15.5 Å². The van der Waals surface area contributed by atoms with Gasteiger partial charge in [0.1, 0.15) is 5.82 Å². The standard InChI is InChI=1S/C16H11ClFN3O2/c17-12-6-4-10(5-7-12)15-20-14(23-21-15)9-19-16(22)11-2-1-3-13(18)8-11/h1-8H,9H2,(H,19,22). The monoisotopic (exact) mass is 331 g/mol. The Balaban J connectivity index is 1.65. The Kier molecular flexibility index (Phi) is 4.34. The van der Waals surface area contributed by atoms with Crippen LogP contribution >= 0.6 is 11.6 Å². The molecule has 7 heteroatoms. The van der Waals surface area contributed by atoms with Crippen LogP contribution < -0.4 is 5.32 Å². The third-order valence-corrected chi connectivity index (χ3v) is 3.31. The highest BCUT2D eigenvalue weighted by molar-refractivity contribution is 6.30. The zero-order valence-corrected chi connectivity index (χ0v) is 12.5. The molecule has 1 N–H and O–H groups in total. The summed E-state index contributed by atoms with van der Waals surface area (Å²) in [6.07, 6.45) is 0. The molecule has 3 rings (SSSR count). The van der Waals surface area contributed by atoms with Gasteiger partial charge >= 0.3 is 0 Å². The lowest BCUT2D eigenvalue weighted by molar-refractivity contribution is 0.0946. The van der Waals surface area contributed by atoms with E-state index in [1.54, 1.807) is 24.3 Å². The van der Waals surface area contributed by atoms with E-state index in [9.17, 15) is 9.18 Å². The van der Waals surface area contributed by atoms with Gasteiger partial charge in [-0.15, -0.1) is 0 Å². The van der Waals surface area contributed by atoms with Gasteiger partial charge in [-0.3, -0.25) is 4.79 Å². The molecule has 0 saturated carbocycles. The molecule has 1 amide bonds. The fraction of sp³-hybridized carbons (Fsp3) is 0.0625. The van der Waals surface area contributed by atoms with Crippen molar-refractivity contribution in [1.29, 1.82) is 0 Å². The average Bonchev–Trinajstić information content (AvgIpc) is 3.02. The van der Waals surface area contributed by atoms with Gasteiger partial charge in [0.2, 0.25) is 11.7 Å². The van der Waals surface area contributed by atoms with Crippen molar-refractivity contribution in [2.24, 2.45) is 0 Å². The minimum absolute atomic E-state index is 0.0515. The number of carbonyl (C=O) groups is 1. The number of benzene rings is 2. The Morgan fingerprint density at radius 3 is 2.74 bits per heavy atom. The fourth-order valence-electron chi connectivity index (χ4n) is 1.93. The van der Waals surface area contributed by atoms with E-state index in [4.69, 9.17) is 16.1 Å². The summed E-state index contributed by atoms with van der Waals surface area (Å²) >= 11 is 5.82. The molecule has 0 aliphatic heterocycles. The van der Waals surface area contributed by atoms with E-state index in [-0.39, 0.29) is 18.0 Å². The molecule has 3 aromatic rings. The van der Waals surface area contributed by atoms with E-state index in [0.717, 1.165) is 11.6 Å². The number of hydrogen-bond donors (Lipinski definition) is 1. The van der Waals surface area contributed by atoms with E-state index in [1.807, 2.05) is 0 Å². The predicted octanol–water partition coefficient (Wildman–Crippen LogP) is 3.46. The highest BCUT2D eigenvalue weighted by atomic mass is 35.5. The van der Waals surface area contributed by atoms with E-state index in [1.165, 1.54) is 18.2 Å². The van der Waals surface area contributed by atoms with Gasteiger partial charge in [0, 0.05) is 16.1 Å². The van der Waals surface area contributed by atoms with Gasteiger partial charge in [0.15, 0.2) is 0 Å². The molecule has 5 nitrogen and oxygen atoms in total. The molecule has 0 radical (unpaired) electrons. The first-order valence-corrected chi connectivity index (χ1v) is 7.12. The number of carbonyl (C=O) groups excluding carboxylic acids is 1. The van der Waals surface area contributed by atoms with Crippen LogP contribution in [0.5, 0.6) is 0 Å². The molecule has 2 aromatic carbocycles. The molecule has 0 saturated heterocycles. The summed E-state index contributed by atoms with van der Waals surface area (Å²) in [5.41, 5.74) is 0.975. The Hall–Kier alpha value is -2.73. The van der Waals surface area contributed by atoms with Gasteiger partial charge in [0.25, 0.3) is 5.91 Å². The van der Waals surface area contributed by atoms with Gasteiger partial charge in [-0.25, -0.2) is 4.39 Å². The summed E-state index contributed by atoms with van der Waals surface area (Å²) < 4.78 is 18.2. The first-order valence-electron chi connectivity index (χ1n) is 6.74. The maximum atomic E-state index is 13.1. The number of halogens is 2. The maximum Gasteiger partial charge on any atom is 0.251 e. The number of nitrogens with zero attached hydrogens (tertiary/aromatic N) is 2. The zero-order valence-electron chi connectivity index (χ0n) is 11.8. The number of amides is 1. The summed E-state index contributed by atoms with van der Waals surface area (Å²) in [6.45, 7) is 0.0515. The second kappa shape index (κ2) is 6.58. The van der Waals surface area contributed by atoms with Gasteiger partial charge in [-0.1, -0.05) is 22.8 Å². The molecule has 0 unspecified atom stereocenters. The van der Waals surface area contributed by atoms with E-state index in [0.29, 0.717) is 10.8 Å². The molecule has 0 aliphatic carbocycles. The Morgan fingerprint density at radius 2 is 2.00 bits per heavy atom. The minimum atomic E-state index is -0.472. The molecule has 0 bridgehead atoms. The summed E-state index contributed by atoms with van der Waals surface area (Å²) in [6, 6.07) is 12.4. The van der Waals surface area contributed by atoms with Crippen molar-refractivity contribution in [3.05, 3.63) is 70.8 Å². The predicted molar refractivity (Wildman–Crippen MR) is 82.3 cm³/mol. The fourth-order valence-corrected chi connectivity index (χ4v) is 2.06. The summed E-state index contributed by atoms with van der Waals surface area (Å²) in [4.78, 5) is 16.1. The first kappa shape index (κ1) is 15.2. The average molecular weight is 332 g/mol. The van der Waals surface area contributed by atoms with Crippen LogP contribution in [-0.4, -0.2) is 16.0 Å². The van der Waals surface area contributed by atoms with Crippen molar-refractivity contribution < 1.29 is 13.7 Å². The van der Waals surface area contributed by atoms with Gasteiger partial charge in [-0.05, 0) is 42.5 Å². The van der Waals surface area contributed by atoms with Crippen LogP contribution in [0.2, 0.25) is 5.02 Å². The van der Waals surface area contributed by atoms with Gasteiger partial charge < -0.3 is 9.84 Å². The van der Waals surface area contributed by atoms with Crippen molar-refractivity contribution >= 4 is 17.5 Å². The number of hydrogen-bond acceptors (Lipinski definition) is 4. The van der Waals surface area contributed by atoms with E-state index < -0.39 is 11.7 Å². The van der Waals surface area contributed by atoms with Crippen LogP contribution in [0, 0.1) is 5.82 Å². The lowest BCUT2D eigenvalue weighted by Crippen LogP contribution is -2.23. The molecule has 1 aromatic heterocycles. The van der Waals surface area contributed by atoms with Crippen molar-refractivity contribution in [3.8, 4) is 11.4 Å².